The van der Waals surface area contributed by atoms with Gasteiger partial charge in [-0.25, -0.2) is 0 Å². The summed E-state index contributed by atoms with van der Waals surface area (Å²) in [6.45, 7) is 0. The first-order valence-electron chi connectivity index (χ1n) is 20.5. The molecule has 0 amide bonds. The van der Waals surface area contributed by atoms with Crippen molar-refractivity contribution in [3.8, 4) is 11.4 Å². The van der Waals surface area contributed by atoms with E-state index in [9.17, 15) is 0 Å². The number of allylic oxidation sites excluding steroid dienone is 2. The highest BCUT2D eigenvalue weighted by Crippen LogP contribution is 2.60. The van der Waals surface area contributed by atoms with E-state index in [4.69, 9.17) is 9.15 Å². The Kier molecular flexibility index (Phi) is 6.90. The molecule has 0 saturated heterocycles. The summed E-state index contributed by atoms with van der Waals surface area (Å²) in [4.78, 5) is 4.82. The molecule has 2 aromatic heterocycles. The minimum Gasteiger partial charge on any atom is -0.484 e. The summed E-state index contributed by atoms with van der Waals surface area (Å²) in [5.41, 5.74) is 14.8. The van der Waals surface area contributed by atoms with E-state index >= 15 is 0 Å². The van der Waals surface area contributed by atoms with E-state index in [1.165, 1.54) is 39.0 Å². The molecule has 0 radical (unpaired) electrons. The van der Waals surface area contributed by atoms with Crippen LogP contribution in [0.5, 0.6) is 5.75 Å². The molecule has 4 aliphatic rings. The zero-order chi connectivity index (χ0) is 38.6. The van der Waals surface area contributed by atoms with Crippen molar-refractivity contribution in [2.24, 2.45) is 0 Å². The number of aromatic nitrogens is 1. The monoisotopic (exact) mass is 759 g/mol. The molecule has 13 rings (SSSR count). The maximum Gasteiger partial charge on any atom is 0.137 e. The topological polar surface area (TPSA) is 33.8 Å². The van der Waals surface area contributed by atoms with E-state index in [0.29, 0.717) is 0 Å². The smallest absolute Gasteiger partial charge is 0.137 e. The van der Waals surface area contributed by atoms with Crippen LogP contribution in [0.2, 0.25) is 0 Å². The maximum absolute atomic E-state index is 7.36. The summed E-state index contributed by atoms with van der Waals surface area (Å²) in [7, 11) is 0. The fraction of sp³-hybridized carbons (Fsp3) is 0.0741. The van der Waals surface area contributed by atoms with Crippen LogP contribution < -0.4 is 14.5 Å². The highest BCUT2D eigenvalue weighted by molar-refractivity contribution is 6.06. The first kappa shape index (κ1) is 32.6. The highest BCUT2D eigenvalue weighted by Gasteiger charge is 2.47. The van der Waals surface area contributed by atoms with Crippen molar-refractivity contribution in [1.29, 1.82) is 0 Å². The van der Waals surface area contributed by atoms with Gasteiger partial charge in [0.2, 0.25) is 0 Å². The van der Waals surface area contributed by atoms with E-state index in [2.05, 4.69) is 202 Å². The molecule has 4 atom stereocenters. The first-order valence-corrected chi connectivity index (χ1v) is 20.5. The summed E-state index contributed by atoms with van der Waals surface area (Å²) in [5.74, 6) is 1.31. The standard InChI is InChI=1S/C54H37N3O2/c1-3-13-34(14-4-1)55(35-15-5-2-6-16-35)36-23-25-37(26-24-36)56-45-20-10-7-18-42(45)51-47(56)30-28-40-41-29-31-48-52(54(41)59-53(40)51)43-19-8-11-21-46(43)57(48)38-27-32-50-44(33-38)39-17-9-12-22-49(39)58-50/h1-33,41-42,45,54H. The lowest BCUT2D eigenvalue weighted by Gasteiger charge is -2.30. The predicted octanol–water partition coefficient (Wildman–Crippen LogP) is 14.0. The molecule has 0 saturated carbocycles. The molecule has 0 N–H and O–H groups in total. The van der Waals surface area contributed by atoms with Gasteiger partial charge >= 0.3 is 0 Å². The molecule has 4 unspecified atom stereocenters. The van der Waals surface area contributed by atoms with Gasteiger partial charge < -0.3 is 23.5 Å². The van der Waals surface area contributed by atoms with E-state index in [1.807, 2.05) is 12.1 Å². The van der Waals surface area contributed by atoms with Gasteiger partial charge in [-0.1, -0.05) is 109 Å². The van der Waals surface area contributed by atoms with E-state index < -0.39 is 0 Å². The normalized spacial score (nSPS) is 19.4. The molecule has 5 nitrogen and oxygen atoms in total. The van der Waals surface area contributed by atoms with Crippen LogP contribution in [0, 0.1) is 0 Å². The van der Waals surface area contributed by atoms with Crippen LogP contribution in [-0.2, 0) is 0 Å². The molecule has 4 heterocycles. The Balaban J connectivity index is 0.903. The summed E-state index contributed by atoms with van der Waals surface area (Å²) >= 11 is 0. The van der Waals surface area contributed by atoms with Crippen LogP contribution in [0.1, 0.15) is 40.3 Å². The minimum absolute atomic E-state index is 0.110. The molecule has 0 fully saturated rings. The lowest BCUT2D eigenvalue weighted by atomic mass is 9.84. The lowest BCUT2D eigenvalue weighted by Crippen LogP contribution is -2.28. The number of nitrogens with zero attached hydrogens (tertiary/aromatic N) is 3. The molecular weight excluding hydrogens is 723 g/mol. The fourth-order valence-corrected chi connectivity index (χ4v) is 10.4. The van der Waals surface area contributed by atoms with Crippen LogP contribution in [0.25, 0.3) is 44.6 Å². The zero-order valence-electron chi connectivity index (χ0n) is 32.0. The molecule has 0 bridgehead atoms. The third-order valence-electron chi connectivity index (χ3n) is 12.9. The van der Waals surface area contributed by atoms with Gasteiger partial charge in [-0.2, -0.15) is 0 Å². The van der Waals surface area contributed by atoms with E-state index in [1.54, 1.807) is 0 Å². The summed E-state index contributed by atoms with van der Waals surface area (Å²) in [6.07, 6.45) is 13.7. The van der Waals surface area contributed by atoms with Crippen LogP contribution in [0.15, 0.2) is 199 Å². The third kappa shape index (κ3) is 4.73. The number of fused-ring (bicyclic) bond motifs is 14. The zero-order valence-corrected chi connectivity index (χ0v) is 32.0. The van der Waals surface area contributed by atoms with Gasteiger partial charge in [-0.15, -0.1) is 0 Å². The van der Waals surface area contributed by atoms with Crippen molar-refractivity contribution in [2.75, 3.05) is 9.80 Å². The average molecular weight is 760 g/mol. The SMILES string of the molecule is C1=CC2c3c(ccc4c3OC3c5c(n(-c6ccc7oc8ccccc8c7c6)c6ccccc56)C=CC43)N(c3ccc(N(c4ccccc4)c4ccccc4)cc3)C2C=C1. The second-order valence-corrected chi connectivity index (χ2v) is 15.9. The van der Waals surface area contributed by atoms with Crippen molar-refractivity contribution >= 4 is 67.4 Å². The van der Waals surface area contributed by atoms with Crippen LogP contribution in [0.3, 0.4) is 0 Å². The van der Waals surface area contributed by atoms with Crippen molar-refractivity contribution in [2.45, 2.75) is 24.0 Å². The number of para-hydroxylation sites is 4. The summed E-state index contributed by atoms with van der Waals surface area (Å²) in [6, 6.07) is 58.6. The second kappa shape index (κ2) is 12.5. The van der Waals surface area contributed by atoms with Crippen LogP contribution >= 0.6 is 0 Å². The Labute approximate surface area is 341 Å². The van der Waals surface area contributed by atoms with Crippen molar-refractivity contribution < 1.29 is 9.15 Å². The first-order chi connectivity index (χ1) is 29.3. The van der Waals surface area contributed by atoms with Gasteiger partial charge in [0.15, 0.2) is 0 Å². The summed E-state index contributed by atoms with van der Waals surface area (Å²) in [5, 5.41) is 3.48. The van der Waals surface area contributed by atoms with Gasteiger partial charge in [-0.3, -0.25) is 0 Å². The number of furan rings is 1. The quantitative estimate of drug-likeness (QED) is 0.175. The van der Waals surface area contributed by atoms with Gasteiger partial charge in [0.1, 0.15) is 23.0 Å². The Bertz CT molecular complexity index is 3190. The minimum atomic E-state index is -0.141. The summed E-state index contributed by atoms with van der Waals surface area (Å²) < 4.78 is 16.0. The van der Waals surface area contributed by atoms with Gasteiger partial charge in [0.25, 0.3) is 0 Å². The number of rotatable bonds is 5. The number of anilines is 5. The third-order valence-corrected chi connectivity index (χ3v) is 12.9. The molecule has 280 valence electrons. The van der Waals surface area contributed by atoms with Crippen LogP contribution in [-0.4, -0.2) is 10.6 Å². The number of hydrogen-bond acceptors (Lipinski definition) is 4. The van der Waals surface area contributed by atoms with Crippen molar-refractivity contribution in [3.05, 3.63) is 217 Å². The van der Waals surface area contributed by atoms with E-state index in [0.717, 1.165) is 56.1 Å². The van der Waals surface area contributed by atoms with Gasteiger partial charge in [0, 0.05) is 78.8 Å². The molecule has 9 aromatic rings. The van der Waals surface area contributed by atoms with Gasteiger partial charge in [0.05, 0.1) is 17.3 Å². The molecular formula is C54H37N3O2. The Hall–Kier alpha value is -7.50. The predicted molar refractivity (Wildman–Crippen MR) is 240 cm³/mol. The molecule has 2 aliphatic heterocycles. The Morgan fingerprint density at radius 2 is 1.19 bits per heavy atom. The number of hydrogen-bond donors (Lipinski definition) is 0. The fourth-order valence-electron chi connectivity index (χ4n) is 10.4. The Morgan fingerprint density at radius 1 is 0.508 bits per heavy atom. The Morgan fingerprint density at radius 3 is 2.00 bits per heavy atom. The van der Waals surface area contributed by atoms with Crippen molar-refractivity contribution in [1.82, 2.24) is 4.57 Å². The van der Waals surface area contributed by atoms with Crippen LogP contribution in [0.4, 0.5) is 28.4 Å². The highest BCUT2D eigenvalue weighted by atomic mass is 16.5. The molecule has 5 heteroatoms. The second-order valence-electron chi connectivity index (χ2n) is 15.9. The molecule has 0 spiro atoms. The molecule has 7 aromatic carbocycles. The van der Waals surface area contributed by atoms with Crippen molar-refractivity contribution in [3.63, 3.8) is 0 Å². The molecule has 59 heavy (non-hydrogen) atoms. The average Bonchev–Trinajstić information content (AvgIpc) is 4.05. The number of ether oxygens (including phenoxy) is 1. The van der Waals surface area contributed by atoms with Gasteiger partial charge in [-0.05, 0) is 91.0 Å². The maximum atomic E-state index is 7.36. The molecule has 2 aliphatic carbocycles. The van der Waals surface area contributed by atoms with E-state index in [-0.39, 0.29) is 24.0 Å². The lowest BCUT2D eigenvalue weighted by molar-refractivity contribution is 0.223. The largest absolute Gasteiger partial charge is 0.484 e. The number of benzene rings is 7.